The third-order valence-electron chi connectivity index (χ3n) is 14.6. The summed E-state index contributed by atoms with van der Waals surface area (Å²) in [5.41, 5.74) is 0. The Balaban J connectivity index is 3.51. The van der Waals surface area contributed by atoms with Crippen LogP contribution in [0.3, 0.4) is 0 Å². The molecule has 0 bridgehead atoms. The average molecular weight is 1030 g/mol. The fourth-order valence-corrected chi connectivity index (χ4v) is 9.73. The summed E-state index contributed by atoms with van der Waals surface area (Å²) < 4.78 is 0. The molecule has 1 amide bonds. The lowest BCUT2D eigenvalue weighted by Gasteiger charge is -2.22. The predicted molar refractivity (Wildman–Crippen MR) is 331 cm³/mol. The van der Waals surface area contributed by atoms with Crippen molar-refractivity contribution in [3.63, 3.8) is 0 Å². The van der Waals surface area contributed by atoms with Crippen molar-refractivity contribution in [3.8, 4) is 0 Å². The van der Waals surface area contributed by atoms with E-state index in [1.807, 2.05) is 0 Å². The van der Waals surface area contributed by atoms with E-state index in [-0.39, 0.29) is 12.5 Å². The molecule has 0 aliphatic rings. The summed E-state index contributed by atoms with van der Waals surface area (Å²) >= 11 is 0. The van der Waals surface area contributed by atoms with E-state index in [1.165, 1.54) is 218 Å². The van der Waals surface area contributed by atoms with Gasteiger partial charge in [0.25, 0.3) is 0 Å². The van der Waals surface area contributed by atoms with Crippen LogP contribution in [0.4, 0.5) is 0 Å². The number of nitrogens with one attached hydrogen (secondary N) is 1. The lowest BCUT2D eigenvalue weighted by molar-refractivity contribution is -0.123. The molecule has 0 rings (SSSR count). The van der Waals surface area contributed by atoms with Gasteiger partial charge in [0.2, 0.25) is 5.91 Å². The zero-order valence-corrected chi connectivity index (χ0v) is 49.3. The first-order valence-corrected chi connectivity index (χ1v) is 32.4. The maximum Gasteiger partial charge on any atom is 0.220 e. The van der Waals surface area contributed by atoms with E-state index < -0.39 is 12.1 Å². The molecule has 0 spiro atoms. The minimum Gasteiger partial charge on any atom is -0.394 e. The highest BCUT2D eigenvalue weighted by atomic mass is 16.3. The van der Waals surface area contributed by atoms with Gasteiger partial charge in [-0.1, -0.05) is 336 Å². The topological polar surface area (TPSA) is 69.6 Å². The highest BCUT2D eigenvalue weighted by Gasteiger charge is 2.20. The minimum absolute atomic E-state index is 0.0357. The zero-order valence-electron chi connectivity index (χ0n) is 49.3. The van der Waals surface area contributed by atoms with Gasteiger partial charge in [0, 0.05) is 6.42 Å². The summed E-state index contributed by atoms with van der Waals surface area (Å²) in [6.45, 7) is 4.27. The Morgan fingerprint density at radius 2 is 0.595 bits per heavy atom. The molecule has 0 fully saturated rings. The van der Waals surface area contributed by atoms with Crippen LogP contribution in [-0.2, 0) is 4.79 Å². The van der Waals surface area contributed by atoms with Crippen LogP contribution < -0.4 is 5.32 Å². The lowest BCUT2D eigenvalue weighted by atomic mass is 10.0. The molecule has 0 heterocycles. The number of hydrogen-bond donors (Lipinski definition) is 3. The van der Waals surface area contributed by atoms with Gasteiger partial charge < -0.3 is 15.5 Å². The number of amides is 1. The highest BCUT2D eigenvalue weighted by Crippen LogP contribution is 2.18. The Labute approximate surface area is 462 Å². The molecule has 4 nitrogen and oxygen atoms in total. The second kappa shape index (κ2) is 64.6. The van der Waals surface area contributed by atoms with Crippen molar-refractivity contribution in [2.24, 2.45) is 0 Å². The number of carbonyl (C=O) groups is 1. The van der Waals surface area contributed by atoms with Crippen LogP contribution in [0, 0.1) is 0 Å². The van der Waals surface area contributed by atoms with Crippen LogP contribution in [0.1, 0.15) is 322 Å². The van der Waals surface area contributed by atoms with Crippen LogP contribution in [0.2, 0.25) is 0 Å². The first kappa shape index (κ1) is 71.3. The molecular weight excluding hydrogens is 903 g/mol. The van der Waals surface area contributed by atoms with E-state index in [9.17, 15) is 15.0 Å². The van der Waals surface area contributed by atoms with E-state index in [0.29, 0.717) is 12.8 Å². The minimum atomic E-state index is -0.669. The molecule has 4 heteroatoms. The van der Waals surface area contributed by atoms with Gasteiger partial charge in [0.05, 0.1) is 18.8 Å². The normalized spacial score (nSPS) is 13.4. The van der Waals surface area contributed by atoms with E-state index >= 15 is 0 Å². The molecule has 0 aliphatic heterocycles. The van der Waals surface area contributed by atoms with Crippen LogP contribution >= 0.6 is 0 Å². The van der Waals surface area contributed by atoms with Crippen molar-refractivity contribution in [3.05, 3.63) is 97.2 Å². The molecule has 0 aromatic heterocycles. The summed E-state index contributed by atoms with van der Waals surface area (Å²) in [6, 6.07) is -0.546. The van der Waals surface area contributed by atoms with Crippen molar-refractivity contribution in [1.29, 1.82) is 0 Å². The van der Waals surface area contributed by atoms with Crippen LogP contribution in [-0.4, -0.2) is 34.9 Å². The van der Waals surface area contributed by atoms with Gasteiger partial charge in [-0.15, -0.1) is 0 Å². The molecule has 0 aromatic carbocycles. The van der Waals surface area contributed by atoms with E-state index in [4.69, 9.17) is 0 Å². The van der Waals surface area contributed by atoms with Gasteiger partial charge in [-0.05, 0) is 77.0 Å². The Kier molecular flexibility index (Phi) is 62.2. The smallest absolute Gasteiger partial charge is 0.220 e. The summed E-state index contributed by atoms with van der Waals surface area (Å²) in [7, 11) is 0. The van der Waals surface area contributed by atoms with Crippen LogP contribution in [0.5, 0.6) is 0 Å². The van der Waals surface area contributed by atoms with Crippen molar-refractivity contribution < 1.29 is 15.0 Å². The van der Waals surface area contributed by atoms with E-state index in [0.717, 1.165) is 77.0 Å². The Morgan fingerprint density at radius 1 is 0.338 bits per heavy atom. The fraction of sp³-hybridized carbons (Fsp3) is 0.757. The third-order valence-corrected chi connectivity index (χ3v) is 14.6. The molecule has 74 heavy (non-hydrogen) atoms. The Hall–Kier alpha value is -2.69. The first-order chi connectivity index (χ1) is 36.7. The third kappa shape index (κ3) is 60.2. The molecule has 0 aliphatic carbocycles. The second-order valence-corrected chi connectivity index (χ2v) is 21.8. The molecule has 3 N–H and O–H groups in total. The quantitative estimate of drug-likeness (QED) is 0.0420. The fourth-order valence-electron chi connectivity index (χ4n) is 9.73. The van der Waals surface area contributed by atoms with E-state index in [1.54, 1.807) is 0 Å². The monoisotopic (exact) mass is 1030 g/mol. The van der Waals surface area contributed by atoms with Crippen molar-refractivity contribution in [1.82, 2.24) is 5.32 Å². The number of hydrogen-bond acceptors (Lipinski definition) is 3. The van der Waals surface area contributed by atoms with Crippen molar-refractivity contribution in [2.45, 2.75) is 334 Å². The maximum atomic E-state index is 12.5. The standard InChI is InChI=1S/C70H125NO3/c1-3-5-7-9-11-13-15-17-19-21-23-25-27-29-31-32-33-34-35-36-37-38-40-42-44-46-48-50-52-54-56-58-60-62-64-66-70(74)71-68(67-72)69(73)65-63-61-59-57-55-53-51-49-47-45-43-41-39-30-28-26-24-22-20-18-16-14-12-10-8-6-4-2/h5,7,11,13,17,19,23,25,29,31,33-34,36-37,40,42,68-69,72-73H,3-4,6,8-10,12,14-16,18,20-22,24,26-28,30,32,35,38-39,41,43-67H2,1-2H3,(H,71,74)/b7-5-,13-11-,19-17-,25-23-,31-29-,34-33-,37-36-,42-40-. The predicted octanol–water partition coefficient (Wildman–Crippen LogP) is 22.0. The van der Waals surface area contributed by atoms with E-state index in [2.05, 4.69) is 116 Å². The average Bonchev–Trinajstić information content (AvgIpc) is 3.40. The van der Waals surface area contributed by atoms with Crippen LogP contribution in [0.25, 0.3) is 0 Å². The van der Waals surface area contributed by atoms with Gasteiger partial charge in [-0.3, -0.25) is 4.79 Å². The van der Waals surface area contributed by atoms with Crippen LogP contribution in [0.15, 0.2) is 97.2 Å². The lowest BCUT2D eigenvalue weighted by Crippen LogP contribution is -2.45. The highest BCUT2D eigenvalue weighted by molar-refractivity contribution is 5.76. The van der Waals surface area contributed by atoms with Crippen molar-refractivity contribution >= 4 is 5.91 Å². The summed E-state index contributed by atoms with van der Waals surface area (Å²) in [5, 5.41) is 23.4. The molecule has 2 unspecified atom stereocenters. The molecule has 0 saturated heterocycles. The second-order valence-electron chi connectivity index (χ2n) is 21.8. The van der Waals surface area contributed by atoms with Gasteiger partial charge in [-0.25, -0.2) is 0 Å². The van der Waals surface area contributed by atoms with Gasteiger partial charge in [-0.2, -0.15) is 0 Å². The zero-order chi connectivity index (χ0) is 53.4. The maximum absolute atomic E-state index is 12.5. The molecule has 0 saturated carbocycles. The number of unbranched alkanes of at least 4 members (excludes halogenated alkanes) is 36. The summed E-state index contributed by atoms with van der Waals surface area (Å²) in [6.07, 6.45) is 95.7. The SMILES string of the molecule is CC/C=C\C/C=C\C/C=C\C/C=C\C/C=C\C/C=C\C/C=C\C/C=C\CCCCCCCCCCCCC(=O)NC(CO)C(O)CCCCCCCCCCCCCCCCCCCCCCCCCCCCC. The Bertz CT molecular complexity index is 1350. The van der Waals surface area contributed by atoms with Gasteiger partial charge in [0.1, 0.15) is 0 Å². The number of rotatable bonds is 59. The largest absolute Gasteiger partial charge is 0.394 e. The molecule has 2 atom stereocenters. The number of allylic oxidation sites excluding steroid dienone is 16. The number of carbonyl (C=O) groups excluding carboxylic acids is 1. The number of aliphatic hydroxyl groups excluding tert-OH is 2. The first-order valence-electron chi connectivity index (χ1n) is 32.4. The number of aliphatic hydroxyl groups is 2. The molecule has 0 aromatic rings. The van der Waals surface area contributed by atoms with Gasteiger partial charge in [0.15, 0.2) is 0 Å². The summed E-state index contributed by atoms with van der Waals surface area (Å²) in [4.78, 5) is 12.5. The van der Waals surface area contributed by atoms with Gasteiger partial charge >= 0.3 is 0 Å². The van der Waals surface area contributed by atoms with Crippen molar-refractivity contribution in [2.75, 3.05) is 6.61 Å². The Morgan fingerprint density at radius 3 is 0.892 bits per heavy atom. The molecular formula is C70H125NO3. The molecule has 428 valence electrons. The molecule has 0 radical (unpaired) electrons. The summed E-state index contributed by atoms with van der Waals surface area (Å²) in [5.74, 6) is -0.0357.